The van der Waals surface area contributed by atoms with Crippen molar-refractivity contribution in [1.82, 2.24) is 9.29 Å². The van der Waals surface area contributed by atoms with Crippen LogP contribution in [0.25, 0.3) is 0 Å². The second-order valence-corrected chi connectivity index (χ2v) is 8.86. The van der Waals surface area contributed by atoms with Gasteiger partial charge in [0.05, 0.1) is 6.04 Å². The van der Waals surface area contributed by atoms with E-state index in [4.69, 9.17) is 0 Å². The molecule has 0 radical (unpaired) electrons. The molecule has 6 nitrogen and oxygen atoms in total. The first-order chi connectivity index (χ1) is 12.6. The highest BCUT2D eigenvalue weighted by Gasteiger charge is 2.27. The lowest BCUT2D eigenvalue weighted by Gasteiger charge is -2.25. The number of phenolic OH excluding ortho intramolecular Hbond substituents is 1. The number of anilines is 1. The Morgan fingerprint density at radius 2 is 1.92 bits per heavy atom. The zero-order valence-corrected chi connectivity index (χ0v) is 15.4. The van der Waals surface area contributed by atoms with Crippen LogP contribution < -0.4 is 5.32 Å². The summed E-state index contributed by atoms with van der Waals surface area (Å²) in [4.78, 5) is 4.56. The lowest BCUT2D eigenvalue weighted by atomic mass is 10.1. The molecule has 0 amide bonds. The van der Waals surface area contributed by atoms with Crippen LogP contribution in [0.3, 0.4) is 0 Å². The SMILES string of the molecule is O=S(=O)(c1ccc(NC2CCc3c(O)cccc32)nc1)N1CCCCC1. The zero-order chi connectivity index (χ0) is 18.1. The van der Waals surface area contributed by atoms with Crippen LogP contribution >= 0.6 is 0 Å². The number of fused-ring (bicyclic) bond motifs is 1. The van der Waals surface area contributed by atoms with Crippen molar-refractivity contribution in [3.05, 3.63) is 47.7 Å². The van der Waals surface area contributed by atoms with Crippen LogP contribution in [0.2, 0.25) is 0 Å². The van der Waals surface area contributed by atoms with Gasteiger partial charge in [0.1, 0.15) is 16.5 Å². The van der Waals surface area contributed by atoms with E-state index in [1.165, 1.54) is 6.20 Å². The first-order valence-corrected chi connectivity index (χ1v) is 10.5. The summed E-state index contributed by atoms with van der Waals surface area (Å²) in [5.41, 5.74) is 2.06. The first-order valence-electron chi connectivity index (χ1n) is 9.09. The maximum absolute atomic E-state index is 12.7. The van der Waals surface area contributed by atoms with Gasteiger partial charge in [-0.15, -0.1) is 0 Å². The molecule has 0 bridgehead atoms. The molecule has 2 heterocycles. The summed E-state index contributed by atoms with van der Waals surface area (Å²) in [7, 11) is -3.45. The smallest absolute Gasteiger partial charge is 0.244 e. The van der Waals surface area contributed by atoms with E-state index in [1.807, 2.05) is 12.1 Å². The molecule has 0 saturated carbocycles. The Bertz CT molecular complexity index is 891. The van der Waals surface area contributed by atoms with Crippen LogP contribution in [-0.4, -0.2) is 35.9 Å². The predicted molar refractivity (Wildman–Crippen MR) is 99.6 cm³/mol. The molecule has 1 saturated heterocycles. The number of phenols is 1. The molecule has 0 spiro atoms. The molecule has 1 aliphatic heterocycles. The van der Waals surface area contributed by atoms with E-state index in [9.17, 15) is 13.5 Å². The van der Waals surface area contributed by atoms with Gasteiger partial charge in [-0.2, -0.15) is 4.31 Å². The summed E-state index contributed by atoms with van der Waals surface area (Å²) >= 11 is 0. The van der Waals surface area contributed by atoms with Gasteiger partial charge in [0, 0.05) is 19.3 Å². The molecule has 4 rings (SSSR count). The van der Waals surface area contributed by atoms with Crippen molar-refractivity contribution < 1.29 is 13.5 Å². The van der Waals surface area contributed by atoms with Crippen molar-refractivity contribution in [2.75, 3.05) is 18.4 Å². The highest BCUT2D eigenvalue weighted by Crippen LogP contribution is 2.38. The Kier molecular flexibility index (Phi) is 4.58. The van der Waals surface area contributed by atoms with Gasteiger partial charge in [-0.1, -0.05) is 18.6 Å². The molecule has 1 aromatic heterocycles. The van der Waals surface area contributed by atoms with E-state index in [0.717, 1.165) is 43.2 Å². The fourth-order valence-corrected chi connectivity index (χ4v) is 5.30. The summed E-state index contributed by atoms with van der Waals surface area (Å²) in [6.07, 6.45) is 6.06. The molecule has 1 aromatic carbocycles. The number of hydrogen-bond donors (Lipinski definition) is 2. The standard InChI is InChI=1S/C19H23N3O3S/c23-18-6-4-5-15-16(18)8-9-17(15)21-19-10-7-14(13-20-19)26(24,25)22-11-2-1-3-12-22/h4-7,10,13,17,23H,1-3,8-9,11-12H2,(H,20,21). The fraction of sp³-hybridized carbons (Fsp3) is 0.421. The number of nitrogens with zero attached hydrogens (tertiary/aromatic N) is 2. The van der Waals surface area contributed by atoms with Crippen molar-refractivity contribution in [3.8, 4) is 5.75 Å². The first kappa shape index (κ1) is 17.3. The van der Waals surface area contributed by atoms with Crippen LogP contribution in [0, 0.1) is 0 Å². The number of piperidine rings is 1. The monoisotopic (exact) mass is 373 g/mol. The molecule has 7 heteroatoms. The number of hydrogen-bond acceptors (Lipinski definition) is 5. The second kappa shape index (κ2) is 6.89. The van der Waals surface area contributed by atoms with E-state index in [1.54, 1.807) is 22.5 Å². The highest BCUT2D eigenvalue weighted by atomic mass is 32.2. The summed E-state index contributed by atoms with van der Waals surface area (Å²) < 4.78 is 26.9. The average Bonchev–Trinajstić information content (AvgIpc) is 3.07. The maximum atomic E-state index is 12.7. The van der Waals surface area contributed by atoms with Crippen LogP contribution in [-0.2, 0) is 16.4 Å². The Morgan fingerprint density at radius 3 is 2.65 bits per heavy atom. The molecule has 1 unspecified atom stereocenters. The topological polar surface area (TPSA) is 82.5 Å². The van der Waals surface area contributed by atoms with Crippen molar-refractivity contribution in [3.63, 3.8) is 0 Å². The maximum Gasteiger partial charge on any atom is 0.244 e. The van der Waals surface area contributed by atoms with Crippen molar-refractivity contribution >= 4 is 15.8 Å². The summed E-state index contributed by atoms with van der Waals surface area (Å²) in [5.74, 6) is 0.978. The van der Waals surface area contributed by atoms with Crippen LogP contribution in [0.1, 0.15) is 42.9 Å². The van der Waals surface area contributed by atoms with E-state index < -0.39 is 10.0 Å². The molecular weight excluding hydrogens is 350 g/mol. The molecule has 26 heavy (non-hydrogen) atoms. The third kappa shape index (κ3) is 3.17. The quantitative estimate of drug-likeness (QED) is 0.861. The Labute approximate surface area is 153 Å². The molecule has 138 valence electrons. The Hall–Kier alpha value is -2.12. The van der Waals surface area contributed by atoms with Gasteiger partial charge in [0.2, 0.25) is 10.0 Å². The minimum atomic E-state index is -3.45. The molecule has 1 atom stereocenters. The molecule has 1 fully saturated rings. The zero-order valence-electron chi connectivity index (χ0n) is 14.6. The third-order valence-electron chi connectivity index (χ3n) is 5.26. The van der Waals surface area contributed by atoms with E-state index >= 15 is 0 Å². The number of rotatable bonds is 4. The van der Waals surface area contributed by atoms with Crippen molar-refractivity contribution in [2.45, 2.75) is 43.0 Å². The molecule has 2 aliphatic rings. The predicted octanol–water partition coefficient (Wildman–Crippen LogP) is 3.06. The van der Waals surface area contributed by atoms with Gasteiger partial charge in [-0.3, -0.25) is 0 Å². The van der Waals surface area contributed by atoms with Gasteiger partial charge < -0.3 is 10.4 Å². The van der Waals surface area contributed by atoms with Gasteiger partial charge in [0.15, 0.2) is 0 Å². The number of aromatic nitrogens is 1. The fourth-order valence-electron chi connectivity index (χ4n) is 3.84. The van der Waals surface area contributed by atoms with E-state index in [2.05, 4.69) is 10.3 Å². The van der Waals surface area contributed by atoms with Gasteiger partial charge in [0.25, 0.3) is 0 Å². The number of pyridine rings is 1. The van der Waals surface area contributed by atoms with Crippen molar-refractivity contribution in [1.29, 1.82) is 0 Å². The van der Waals surface area contributed by atoms with Crippen LogP contribution in [0.5, 0.6) is 5.75 Å². The summed E-state index contributed by atoms with van der Waals surface area (Å²) in [5, 5.41) is 13.3. The summed E-state index contributed by atoms with van der Waals surface area (Å²) in [6, 6.07) is 8.98. The van der Waals surface area contributed by atoms with Gasteiger partial charge in [-0.05, 0) is 55.0 Å². The lowest BCUT2D eigenvalue weighted by molar-refractivity contribution is 0.346. The van der Waals surface area contributed by atoms with Gasteiger partial charge >= 0.3 is 0 Å². The third-order valence-corrected chi connectivity index (χ3v) is 7.14. The normalized spacial score (nSPS) is 20.7. The molecular formula is C19H23N3O3S. The summed E-state index contributed by atoms with van der Waals surface area (Å²) in [6.45, 7) is 1.18. The number of benzene rings is 1. The van der Waals surface area contributed by atoms with E-state index in [0.29, 0.717) is 24.7 Å². The number of nitrogens with one attached hydrogen (secondary N) is 1. The number of sulfonamides is 1. The van der Waals surface area contributed by atoms with E-state index in [-0.39, 0.29) is 10.9 Å². The largest absolute Gasteiger partial charge is 0.508 e. The lowest BCUT2D eigenvalue weighted by Crippen LogP contribution is -2.35. The Balaban J connectivity index is 1.50. The van der Waals surface area contributed by atoms with Crippen LogP contribution in [0.15, 0.2) is 41.4 Å². The van der Waals surface area contributed by atoms with Crippen molar-refractivity contribution in [2.24, 2.45) is 0 Å². The molecule has 2 N–H and O–H groups in total. The minimum absolute atomic E-state index is 0.0779. The Morgan fingerprint density at radius 1 is 1.12 bits per heavy atom. The molecule has 2 aromatic rings. The van der Waals surface area contributed by atoms with Crippen LogP contribution in [0.4, 0.5) is 5.82 Å². The van der Waals surface area contributed by atoms with Gasteiger partial charge in [-0.25, -0.2) is 13.4 Å². The minimum Gasteiger partial charge on any atom is -0.508 e. The number of aromatic hydroxyl groups is 1. The average molecular weight is 373 g/mol. The molecule has 1 aliphatic carbocycles. The highest BCUT2D eigenvalue weighted by molar-refractivity contribution is 7.89. The second-order valence-electron chi connectivity index (χ2n) is 6.92.